The Morgan fingerprint density at radius 3 is 2.41 bits per heavy atom. The number of likely N-dealkylation sites (N-methyl/N-ethyl adjacent to an activating group) is 1. The van der Waals surface area contributed by atoms with Crippen molar-refractivity contribution in [3.05, 3.63) is 42.5 Å². The van der Waals surface area contributed by atoms with Crippen LogP contribution in [0, 0.1) is 0 Å². The molecule has 0 aliphatic carbocycles. The minimum absolute atomic E-state index is 0.0780. The Morgan fingerprint density at radius 2 is 1.88 bits per heavy atom. The molecule has 0 radical (unpaired) electrons. The van der Waals surface area contributed by atoms with Gasteiger partial charge in [0.25, 0.3) is 5.91 Å². The van der Waals surface area contributed by atoms with Crippen molar-refractivity contribution in [3.8, 4) is 0 Å². The van der Waals surface area contributed by atoms with Gasteiger partial charge in [-0.3, -0.25) is 9.59 Å². The molecule has 0 saturated carbocycles. The molecule has 1 aromatic carbocycles. The highest BCUT2D eigenvalue weighted by Gasteiger charge is 2.14. The topological polar surface area (TPSA) is 46.6 Å². The predicted octanol–water partition coefficient (Wildman–Crippen LogP) is 1.77. The van der Waals surface area contributed by atoms with Crippen LogP contribution in [-0.2, 0) is 14.3 Å². The second-order valence-electron chi connectivity index (χ2n) is 3.58. The minimum atomic E-state index is -0.429. The van der Waals surface area contributed by atoms with Crippen LogP contribution in [0.4, 0.5) is 5.69 Å². The largest absolute Gasteiger partial charge is 0.461 e. The van der Waals surface area contributed by atoms with Gasteiger partial charge in [-0.2, -0.15) is 0 Å². The highest BCUT2D eigenvalue weighted by atomic mass is 16.5. The van der Waals surface area contributed by atoms with Crippen molar-refractivity contribution < 1.29 is 14.3 Å². The first-order valence-electron chi connectivity index (χ1n) is 5.16. The molecule has 0 atom stereocenters. The Labute approximate surface area is 100 Å². The van der Waals surface area contributed by atoms with E-state index in [9.17, 15) is 9.59 Å². The van der Waals surface area contributed by atoms with Gasteiger partial charge in [-0.25, -0.2) is 0 Å². The van der Waals surface area contributed by atoms with Gasteiger partial charge in [-0.1, -0.05) is 24.8 Å². The van der Waals surface area contributed by atoms with Gasteiger partial charge in [0.05, 0.1) is 0 Å². The van der Waals surface area contributed by atoms with Gasteiger partial charge < -0.3 is 9.64 Å². The Morgan fingerprint density at radius 1 is 1.29 bits per heavy atom. The third kappa shape index (κ3) is 3.75. The van der Waals surface area contributed by atoms with Crippen LogP contribution < -0.4 is 4.90 Å². The molecule has 0 aliphatic rings. The second kappa shape index (κ2) is 5.84. The number of hydrogen-bond donors (Lipinski definition) is 0. The number of nitrogens with zero attached hydrogens (tertiary/aromatic N) is 1. The Balaban J connectivity index is 2.64. The van der Waals surface area contributed by atoms with E-state index in [1.807, 2.05) is 30.3 Å². The number of para-hydroxylation sites is 1. The van der Waals surface area contributed by atoms with Crippen LogP contribution in [0.15, 0.2) is 42.5 Å². The Hall–Kier alpha value is -2.10. The molecule has 4 heteroatoms. The molecule has 4 nitrogen and oxygen atoms in total. The highest BCUT2D eigenvalue weighted by Crippen LogP contribution is 2.13. The van der Waals surface area contributed by atoms with Crippen molar-refractivity contribution in [2.45, 2.75) is 6.92 Å². The summed E-state index contributed by atoms with van der Waals surface area (Å²) < 4.78 is 4.72. The predicted molar refractivity (Wildman–Crippen MR) is 65.6 cm³/mol. The SMILES string of the molecule is C=C(COC(C)=O)C(=O)N(C)c1ccccc1. The molecule has 0 N–H and O–H groups in total. The number of amides is 1. The van der Waals surface area contributed by atoms with Crippen molar-refractivity contribution in [2.75, 3.05) is 18.6 Å². The first-order valence-corrected chi connectivity index (χ1v) is 5.16. The fraction of sp³-hybridized carbons (Fsp3) is 0.231. The molecule has 1 amide bonds. The molecule has 0 unspecified atom stereocenters. The van der Waals surface area contributed by atoms with Crippen molar-refractivity contribution in [3.63, 3.8) is 0 Å². The summed E-state index contributed by atoms with van der Waals surface area (Å²) >= 11 is 0. The zero-order valence-electron chi connectivity index (χ0n) is 9.97. The van der Waals surface area contributed by atoms with E-state index < -0.39 is 5.97 Å². The lowest BCUT2D eigenvalue weighted by atomic mass is 10.2. The summed E-state index contributed by atoms with van der Waals surface area (Å²) in [6, 6.07) is 9.19. The van der Waals surface area contributed by atoms with Gasteiger partial charge in [-0.05, 0) is 12.1 Å². The standard InChI is InChI=1S/C13H15NO3/c1-10(9-17-11(2)15)13(16)14(3)12-7-5-4-6-8-12/h4-8H,1,9H2,2-3H3. The maximum Gasteiger partial charge on any atom is 0.302 e. The van der Waals surface area contributed by atoms with E-state index in [1.165, 1.54) is 11.8 Å². The third-order valence-corrected chi connectivity index (χ3v) is 2.20. The highest BCUT2D eigenvalue weighted by molar-refractivity contribution is 6.05. The Kier molecular flexibility index (Phi) is 4.46. The summed E-state index contributed by atoms with van der Waals surface area (Å²) in [5.74, 6) is -0.696. The minimum Gasteiger partial charge on any atom is -0.461 e. The number of ether oxygens (including phenoxy) is 1. The van der Waals surface area contributed by atoms with E-state index >= 15 is 0 Å². The van der Waals surface area contributed by atoms with E-state index in [2.05, 4.69) is 6.58 Å². The quantitative estimate of drug-likeness (QED) is 0.588. The van der Waals surface area contributed by atoms with Crippen molar-refractivity contribution in [1.82, 2.24) is 0 Å². The van der Waals surface area contributed by atoms with E-state index in [-0.39, 0.29) is 18.1 Å². The zero-order valence-corrected chi connectivity index (χ0v) is 9.97. The van der Waals surface area contributed by atoms with Gasteiger partial charge in [-0.15, -0.1) is 0 Å². The maximum absolute atomic E-state index is 11.9. The molecular formula is C13H15NO3. The Bertz CT molecular complexity index is 426. The molecule has 0 heterocycles. The fourth-order valence-corrected chi connectivity index (χ4v) is 1.26. The molecular weight excluding hydrogens is 218 g/mol. The van der Waals surface area contributed by atoms with Crippen LogP contribution in [0.25, 0.3) is 0 Å². The summed E-state index contributed by atoms with van der Waals surface area (Å²) in [5.41, 5.74) is 1.01. The molecule has 0 bridgehead atoms. The zero-order chi connectivity index (χ0) is 12.8. The number of anilines is 1. The lowest BCUT2D eigenvalue weighted by molar-refractivity contribution is -0.140. The molecule has 17 heavy (non-hydrogen) atoms. The van der Waals surface area contributed by atoms with E-state index in [0.29, 0.717) is 0 Å². The lowest BCUT2D eigenvalue weighted by Crippen LogP contribution is -2.29. The molecule has 90 valence electrons. The molecule has 0 saturated heterocycles. The van der Waals surface area contributed by atoms with Crippen molar-refractivity contribution in [1.29, 1.82) is 0 Å². The van der Waals surface area contributed by atoms with Crippen LogP contribution >= 0.6 is 0 Å². The second-order valence-corrected chi connectivity index (χ2v) is 3.58. The first-order chi connectivity index (χ1) is 8.02. The van der Waals surface area contributed by atoms with Crippen LogP contribution in [0.1, 0.15) is 6.92 Å². The first kappa shape index (κ1) is 13.0. The van der Waals surface area contributed by atoms with E-state index in [4.69, 9.17) is 4.74 Å². The average Bonchev–Trinajstić information content (AvgIpc) is 2.35. The monoisotopic (exact) mass is 233 g/mol. The van der Waals surface area contributed by atoms with Gasteiger partial charge in [0.15, 0.2) is 0 Å². The molecule has 1 rings (SSSR count). The van der Waals surface area contributed by atoms with Crippen LogP contribution in [0.3, 0.4) is 0 Å². The molecule has 0 aromatic heterocycles. The van der Waals surface area contributed by atoms with Gasteiger partial charge in [0.1, 0.15) is 6.61 Å². The molecule has 0 fully saturated rings. The molecule has 0 spiro atoms. The number of hydrogen-bond acceptors (Lipinski definition) is 3. The smallest absolute Gasteiger partial charge is 0.302 e. The molecule has 1 aromatic rings. The molecule has 0 aliphatic heterocycles. The summed E-state index contributed by atoms with van der Waals surface area (Å²) in [5, 5.41) is 0. The average molecular weight is 233 g/mol. The summed E-state index contributed by atoms with van der Waals surface area (Å²) in [7, 11) is 1.65. The fourth-order valence-electron chi connectivity index (χ4n) is 1.26. The summed E-state index contributed by atoms with van der Waals surface area (Å²) in [4.78, 5) is 24.0. The number of rotatable bonds is 4. The number of carbonyl (C=O) groups excluding carboxylic acids is 2. The lowest BCUT2D eigenvalue weighted by Gasteiger charge is -2.18. The van der Waals surface area contributed by atoms with Crippen LogP contribution in [0.5, 0.6) is 0 Å². The van der Waals surface area contributed by atoms with E-state index in [0.717, 1.165) is 5.69 Å². The van der Waals surface area contributed by atoms with Gasteiger partial charge in [0.2, 0.25) is 0 Å². The number of carbonyl (C=O) groups is 2. The summed E-state index contributed by atoms with van der Waals surface area (Å²) in [6.45, 7) is 4.82. The van der Waals surface area contributed by atoms with Gasteiger partial charge >= 0.3 is 5.97 Å². The maximum atomic E-state index is 11.9. The van der Waals surface area contributed by atoms with E-state index in [1.54, 1.807) is 7.05 Å². The summed E-state index contributed by atoms with van der Waals surface area (Å²) in [6.07, 6.45) is 0. The number of esters is 1. The van der Waals surface area contributed by atoms with Gasteiger partial charge in [0, 0.05) is 25.2 Å². The van der Waals surface area contributed by atoms with Crippen LogP contribution in [-0.4, -0.2) is 25.5 Å². The number of benzene rings is 1. The van der Waals surface area contributed by atoms with Crippen LogP contribution in [0.2, 0.25) is 0 Å². The van der Waals surface area contributed by atoms with Crippen molar-refractivity contribution in [2.24, 2.45) is 0 Å². The normalized spacial score (nSPS) is 9.53. The van der Waals surface area contributed by atoms with Crippen molar-refractivity contribution >= 4 is 17.6 Å². The third-order valence-electron chi connectivity index (χ3n) is 2.20.